The van der Waals surface area contributed by atoms with Gasteiger partial charge in [0.05, 0.1) is 5.52 Å². The van der Waals surface area contributed by atoms with Crippen LogP contribution in [-0.4, -0.2) is 44.8 Å². The fourth-order valence-corrected chi connectivity index (χ4v) is 3.70. The molecule has 0 saturated carbocycles. The molecule has 3 heterocycles. The standard InChI is InChI=1S/C20H26N4O/c1-22-11-8-17-18(22)4-3-5-19(17)25-16-6-12-24(13-7-16)14-9-20-21-10-15-23(20)2/h3-5,8,10-11,15-16H,6-7,9,12-14H2,1-2H3. The van der Waals surface area contributed by atoms with Crippen LogP contribution in [-0.2, 0) is 20.5 Å². The first-order valence-electron chi connectivity index (χ1n) is 9.10. The molecule has 1 aliphatic heterocycles. The Morgan fingerprint density at radius 1 is 1.08 bits per heavy atom. The first-order chi connectivity index (χ1) is 12.2. The largest absolute Gasteiger partial charge is 0.490 e. The minimum absolute atomic E-state index is 0.315. The van der Waals surface area contributed by atoms with E-state index in [0.29, 0.717) is 6.10 Å². The number of hydrogen-bond acceptors (Lipinski definition) is 3. The van der Waals surface area contributed by atoms with Gasteiger partial charge in [-0.2, -0.15) is 0 Å². The highest BCUT2D eigenvalue weighted by atomic mass is 16.5. The Kier molecular flexibility index (Phi) is 4.49. The van der Waals surface area contributed by atoms with Crippen molar-refractivity contribution in [3.05, 3.63) is 48.7 Å². The summed E-state index contributed by atoms with van der Waals surface area (Å²) in [5.41, 5.74) is 1.23. The molecule has 2 aromatic heterocycles. The predicted octanol–water partition coefficient (Wildman–Crippen LogP) is 3.00. The van der Waals surface area contributed by atoms with Crippen molar-refractivity contribution in [2.24, 2.45) is 14.1 Å². The van der Waals surface area contributed by atoms with Gasteiger partial charge in [0.25, 0.3) is 0 Å². The molecule has 1 aliphatic rings. The molecule has 0 bridgehead atoms. The number of likely N-dealkylation sites (tertiary alicyclic amines) is 1. The van der Waals surface area contributed by atoms with E-state index in [0.717, 1.165) is 50.5 Å². The molecule has 0 N–H and O–H groups in total. The van der Waals surface area contributed by atoms with Crippen LogP contribution in [0.1, 0.15) is 18.7 Å². The van der Waals surface area contributed by atoms with Crippen LogP contribution in [0.25, 0.3) is 10.9 Å². The fourth-order valence-electron chi connectivity index (χ4n) is 3.70. The van der Waals surface area contributed by atoms with Crippen molar-refractivity contribution in [1.29, 1.82) is 0 Å². The molecule has 4 rings (SSSR count). The third-order valence-electron chi connectivity index (χ3n) is 5.29. The number of benzene rings is 1. The summed E-state index contributed by atoms with van der Waals surface area (Å²) in [5.74, 6) is 2.18. The highest BCUT2D eigenvalue weighted by Crippen LogP contribution is 2.28. The Morgan fingerprint density at radius 3 is 2.68 bits per heavy atom. The second kappa shape index (κ2) is 6.92. The molecule has 0 radical (unpaired) electrons. The van der Waals surface area contributed by atoms with Gasteiger partial charge in [0.1, 0.15) is 17.7 Å². The number of aromatic nitrogens is 3. The van der Waals surface area contributed by atoms with Crippen molar-refractivity contribution in [2.75, 3.05) is 19.6 Å². The van der Waals surface area contributed by atoms with E-state index in [9.17, 15) is 0 Å². The van der Waals surface area contributed by atoms with E-state index in [4.69, 9.17) is 4.74 Å². The number of fused-ring (bicyclic) bond motifs is 1. The summed E-state index contributed by atoms with van der Waals surface area (Å²) in [5, 5.41) is 1.21. The van der Waals surface area contributed by atoms with Crippen LogP contribution in [0.3, 0.4) is 0 Å². The summed E-state index contributed by atoms with van der Waals surface area (Å²) in [6.45, 7) is 3.27. The Hall–Kier alpha value is -2.27. The van der Waals surface area contributed by atoms with Crippen molar-refractivity contribution in [3.63, 3.8) is 0 Å². The van der Waals surface area contributed by atoms with E-state index >= 15 is 0 Å². The summed E-state index contributed by atoms with van der Waals surface area (Å²) < 4.78 is 10.6. The first kappa shape index (κ1) is 16.2. The van der Waals surface area contributed by atoms with Crippen LogP contribution in [0.5, 0.6) is 5.75 Å². The summed E-state index contributed by atoms with van der Waals surface area (Å²) >= 11 is 0. The molecule has 132 valence electrons. The number of hydrogen-bond donors (Lipinski definition) is 0. The number of ether oxygens (including phenoxy) is 1. The van der Waals surface area contributed by atoms with E-state index < -0.39 is 0 Å². The third-order valence-corrected chi connectivity index (χ3v) is 5.29. The first-order valence-corrected chi connectivity index (χ1v) is 9.10. The van der Waals surface area contributed by atoms with Crippen molar-refractivity contribution in [1.82, 2.24) is 19.0 Å². The van der Waals surface area contributed by atoms with Crippen LogP contribution in [0.2, 0.25) is 0 Å². The molecule has 0 amide bonds. The van der Waals surface area contributed by atoms with Gasteiger partial charge in [-0.05, 0) is 31.0 Å². The van der Waals surface area contributed by atoms with Crippen LogP contribution in [0, 0.1) is 0 Å². The molecule has 1 fully saturated rings. The van der Waals surface area contributed by atoms with E-state index in [-0.39, 0.29) is 0 Å². The van der Waals surface area contributed by atoms with E-state index in [2.05, 4.69) is 63.6 Å². The lowest BCUT2D eigenvalue weighted by Crippen LogP contribution is -2.39. The van der Waals surface area contributed by atoms with Crippen molar-refractivity contribution in [2.45, 2.75) is 25.4 Å². The topological polar surface area (TPSA) is 35.2 Å². The molecule has 5 nitrogen and oxygen atoms in total. The van der Waals surface area contributed by atoms with Crippen molar-refractivity contribution in [3.8, 4) is 5.75 Å². The zero-order chi connectivity index (χ0) is 17.2. The van der Waals surface area contributed by atoms with E-state index in [1.165, 1.54) is 10.9 Å². The van der Waals surface area contributed by atoms with E-state index in [1.54, 1.807) is 0 Å². The number of aryl methyl sites for hydroxylation is 2. The monoisotopic (exact) mass is 338 g/mol. The maximum atomic E-state index is 6.34. The fraction of sp³-hybridized carbons (Fsp3) is 0.450. The van der Waals surface area contributed by atoms with Crippen molar-refractivity contribution < 1.29 is 4.74 Å². The second-order valence-electron chi connectivity index (χ2n) is 6.98. The van der Waals surface area contributed by atoms with Gasteiger partial charge in [-0.15, -0.1) is 0 Å². The number of imidazole rings is 1. The Labute approximate surface area is 148 Å². The average Bonchev–Trinajstić information content (AvgIpc) is 3.21. The van der Waals surface area contributed by atoms with Crippen molar-refractivity contribution >= 4 is 10.9 Å². The highest BCUT2D eigenvalue weighted by molar-refractivity contribution is 5.86. The molecule has 3 aromatic rings. The number of nitrogens with zero attached hydrogens (tertiary/aromatic N) is 4. The SMILES string of the molecule is Cn1ccnc1CCN1CCC(Oc2cccc3c2ccn3C)CC1. The van der Waals surface area contributed by atoms with Gasteiger partial charge in [0.15, 0.2) is 0 Å². The Morgan fingerprint density at radius 2 is 1.92 bits per heavy atom. The third kappa shape index (κ3) is 3.42. The van der Waals surface area contributed by atoms with Crippen LogP contribution >= 0.6 is 0 Å². The smallest absolute Gasteiger partial charge is 0.129 e. The molecule has 1 aromatic carbocycles. The maximum Gasteiger partial charge on any atom is 0.129 e. The van der Waals surface area contributed by atoms with Gasteiger partial charge in [-0.1, -0.05) is 6.07 Å². The quantitative estimate of drug-likeness (QED) is 0.717. The van der Waals surface area contributed by atoms with Crippen LogP contribution in [0.4, 0.5) is 0 Å². The molecule has 5 heteroatoms. The van der Waals surface area contributed by atoms with Gasteiger partial charge in [-0.3, -0.25) is 0 Å². The lowest BCUT2D eigenvalue weighted by molar-refractivity contribution is 0.102. The Bertz CT molecular complexity index is 842. The molecule has 0 unspecified atom stereocenters. The minimum Gasteiger partial charge on any atom is -0.490 e. The molecule has 1 saturated heterocycles. The normalized spacial score (nSPS) is 16.6. The zero-order valence-corrected chi connectivity index (χ0v) is 15.1. The van der Waals surface area contributed by atoms with Crippen LogP contribution in [0.15, 0.2) is 42.9 Å². The van der Waals surface area contributed by atoms with Gasteiger partial charge in [0, 0.05) is 64.1 Å². The number of piperidine rings is 1. The second-order valence-corrected chi connectivity index (χ2v) is 6.98. The number of rotatable bonds is 5. The predicted molar refractivity (Wildman–Crippen MR) is 99.9 cm³/mol. The van der Waals surface area contributed by atoms with Gasteiger partial charge in [0.2, 0.25) is 0 Å². The summed E-state index contributed by atoms with van der Waals surface area (Å²) in [6, 6.07) is 8.46. The average molecular weight is 338 g/mol. The lowest BCUT2D eigenvalue weighted by atomic mass is 10.1. The molecule has 25 heavy (non-hydrogen) atoms. The van der Waals surface area contributed by atoms with Crippen LogP contribution < -0.4 is 4.74 Å². The lowest BCUT2D eigenvalue weighted by Gasteiger charge is -2.32. The summed E-state index contributed by atoms with van der Waals surface area (Å²) in [6.07, 6.45) is 9.48. The van der Waals surface area contributed by atoms with Gasteiger partial charge >= 0.3 is 0 Å². The molecule has 0 atom stereocenters. The summed E-state index contributed by atoms with van der Waals surface area (Å²) in [4.78, 5) is 6.94. The highest BCUT2D eigenvalue weighted by Gasteiger charge is 2.21. The molecule has 0 spiro atoms. The van der Waals surface area contributed by atoms with Gasteiger partial charge < -0.3 is 18.8 Å². The summed E-state index contributed by atoms with van der Waals surface area (Å²) in [7, 11) is 4.14. The molecular weight excluding hydrogens is 312 g/mol. The van der Waals surface area contributed by atoms with E-state index in [1.807, 2.05) is 12.4 Å². The van der Waals surface area contributed by atoms with Gasteiger partial charge in [-0.25, -0.2) is 4.98 Å². The zero-order valence-electron chi connectivity index (χ0n) is 15.1. The molecular formula is C20H26N4O. The Balaban J connectivity index is 1.32. The minimum atomic E-state index is 0.315. The maximum absolute atomic E-state index is 6.34. The molecule has 0 aliphatic carbocycles.